The van der Waals surface area contributed by atoms with E-state index in [9.17, 15) is 19.2 Å². The molecule has 0 atom stereocenters. The third kappa shape index (κ3) is 10.5. The molecule has 0 spiro atoms. The van der Waals surface area contributed by atoms with Gasteiger partial charge in [-0.3, -0.25) is 29.0 Å². The van der Waals surface area contributed by atoms with Crippen molar-refractivity contribution in [2.24, 2.45) is 0 Å². The molecule has 41 heavy (non-hydrogen) atoms. The molecule has 2 fully saturated rings. The predicted molar refractivity (Wildman–Crippen MR) is 155 cm³/mol. The van der Waals surface area contributed by atoms with E-state index in [4.69, 9.17) is 18.9 Å². The summed E-state index contributed by atoms with van der Waals surface area (Å²) < 4.78 is 22.0. The zero-order valence-corrected chi connectivity index (χ0v) is 27.1. The fraction of sp³-hybridized carbons (Fsp3) is 0.871. The summed E-state index contributed by atoms with van der Waals surface area (Å²) >= 11 is 0. The average molecular weight is 583 g/mol. The predicted octanol–water partition coefficient (Wildman–Crippen LogP) is 4.41. The van der Waals surface area contributed by atoms with Crippen LogP contribution in [0.15, 0.2) is 0 Å². The molecular formula is C31H54N2O8. The van der Waals surface area contributed by atoms with Gasteiger partial charge in [-0.25, -0.2) is 0 Å². The van der Waals surface area contributed by atoms with E-state index < -0.39 is 0 Å². The molecule has 2 aliphatic heterocycles. The summed E-state index contributed by atoms with van der Waals surface area (Å²) in [7, 11) is 0. The van der Waals surface area contributed by atoms with Crippen molar-refractivity contribution in [3.8, 4) is 0 Å². The monoisotopic (exact) mass is 582 g/mol. The Kier molecular flexibility index (Phi) is 11.8. The van der Waals surface area contributed by atoms with E-state index >= 15 is 0 Å². The highest BCUT2D eigenvalue weighted by Gasteiger charge is 2.47. The fourth-order valence-corrected chi connectivity index (χ4v) is 7.26. The molecule has 0 saturated carbocycles. The van der Waals surface area contributed by atoms with Crippen molar-refractivity contribution in [1.82, 2.24) is 9.80 Å². The summed E-state index contributed by atoms with van der Waals surface area (Å²) in [5.41, 5.74) is -0.967. The quantitative estimate of drug-likeness (QED) is 0.242. The molecule has 0 radical (unpaired) electrons. The molecule has 2 heterocycles. The van der Waals surface area contributed by atoms with Crippen LogP contribution in [0.25, 0.3) is 0 Å². The Balaban J connectivity index is 1.80. The first kappa shape index (κ1) is 35.0. The summed E-state index contributed by atoms with van der Waals surface area (Å²) in [5.74, 6) is -1.18. The standard InChI is InChI=1S/C31H54N2O8/c1-22(34)38-16-14-32-28(3,4)18-24(19-29(32,5)6)40-26(36)12-11-13-27(37)41-25-20-30(7,8)33(31(9,10)21-25)15-17-39-23(2)35/h24-25H,11-21H2,1-10H3. The molecule has 10 heteroatoms. The number of carbonyl (C=O) groups excluding carboxylic acids is 4. The number of ether oxygens (including phenoxy) is 4. The number of likely N-dealkylation sites (tertiary alicyclic amines) is 2. The lowest BCUT2D eigenvalue weighted by Gasteiger charge is -2.54. The molecule has 0 aromatic carbocycles. The van der Waals surface area contributed by atoms with Crippen molar-refractivity contribution in [3.63, 3.8) is 0 Å². The highest BCUT2D eigenvalue weighted by atomic mass is 16.6. The lowest BCUT2D eigenvalue weighted by Crippen LogP contribution is -2.63. The van der Waals surface area contributed by atoms with Gasteiger partial charge in [0.15, 0.2) is 0 Å². The fourth-order valence-electron chi connectivity index (χ4n) is 7.26. The third-order valence-electron chi connectivity index (χ3n) is 8.43. The minimum absolute atomic E-state index is 0.161. The van der Waals surface area contributed by atoms with Crippen LogP contribution in [0.4, 0.5) is 0 Å². The number of carbonyl (C=O) groups is 4. The maximum absolute atomic E-state index is 12.7. The van der Waals surface area contributed by atoms with Crippen LogP contribution in [0, 0.1) is 0 Å². The number of rotatable bonds is 12. The van der Waals surface area contributed by atoms with Gasteiger partial charge in [0.1, 0.15) is 25.4 Å². The van der Waals surface area contributed by atoms with Crippen LogP contribution >= 0.6 is 0 Å². The highest BCUT2D eigenvalue weighted by Crippen LogP contribution is 2.40. The number of esters is 4. The van der Waals surface area contributed by atoms with Gasteiger partial charge in [-0.2, -0.15) is 0 Å². The smallest absolute Gasteiger partial charge is 0.306 e. The Labute approximate surface area is 246 Å². The average Bonchev–Trinajstić information content (AvgIpc) is 2.75. The summed E-state index contributed by atoms with van der Waals surface area (Å²) in [6.07, 6.45) is 2.96. The van der Waals surface area contributed by atoms with Crippen LogP contribution in [0.1, 0.15) is 114 Å². The minimum Gasteiger partial charge on any atom is -0.465 e. The highest BCUT2D eigenvalue weighted by molar-refractivity contribution is 5.72. The molecule has 0 amide bonds. The zero-order valence-electron chi connectivity index (χ0n) is 27.1. The van der Waals surface area contributed by atoms with Gasteiger partial charge < -0.3 is 18.9 Å². The normalized spacial score (nSPS) is 22.5. The minimum atomic E-state index is -0.300. The number of nitrogens with zero attached hydrogens (tertiary/aromatic N) is 2. The van der Waals surface area contributed by atoms with Gasteiger partial charge in [0, 0.05) is 87.6 Å². The molecule has 0 aromatic rings. The molecule has 0 bridgehead atoms. The zero-order chi connectivity index (χ0) is 31.2. The van der Waals surface area contributed by atoms with Gasteiger partial charge in [0.2, 0.25) is 0 Å². The Bertz CT molecular complexity index is 832. The molecule has 0 aliphatic carbocycles. The number of hydrogen-bond acceptors (Lipinski definition) is 10. The second-order valence-electron chi connectivity index (χ2n) is 14.1. The Morgan fingerprint density at radius 3 is 1.15 bits per heavy atom. The Hall–Kier alpha value is -2.20. The van der Waals surface area contributed by atoms with Crippen molar-refractivity contribution in [2.75, 3.05) is 26.3 Å². The first-order valence-corrected chi connectivity index (χ1v) is 15.0. The van der Waals surface area contributed by atoms with Crippen LogP contribution < -0.4 is 0 Å². The van der Waals surface area contributed by atoms with Gasteiger partial charge >= 0.3 is 23.9 Å². The summed E-state index contributed by atoms with van der Waals surface area (Å²) in [6.45, 7) is 21.6. The lowest BCUT2D eigenvalue weighted by atomic mass is 9.78. The van der Waals surface area contributed by atoms with Crippen molar-refractivity contribution in [2.45, 2.75) is 149 Å². The first-order valence-electron chi connectivity index (χ1n) is 15.0. The number of piperidine rings is 2. The van der Waals surface area contributed by atoms with E-state index in [1.54, 1.807) is 0 Å². The lowest BCUT2D eigenvalue weighted by molar-refractivity contribution is -0.164. The summed E-state index contributed by atoms with van der Waals surface area (Å²) in [5, 5.41) is 0. The van der Waals surface area contributed by atoms with Gasteiger partial charge in [-0.1, -0.05) is 0 Å². The second-order valence-corrected chi connectivity index (χ2v) is 14.1. The van der Waals surface area contributed by atoms with Crippen LogP contribution in [0.3, 0.4) is 0 Å². The summed E-state index contributed by atoms with van der Waals surface area (Å²) in [6, 6.07) is 0. The van der Waals surface area contributed by atoms with Crippen LogP contribution in [-0.4, -0.2) is 94.3 Å². The molecule has 0 aromatic heterocycles. The second kappa shape index (κ2) is 13.8. The van der Waals surface area contributed by atoms with Gasteiger partial charge in [0.25, 0.3) is 0 Å². The maximum Gasteiger partial charge on any atom is 0.306 e. The van der Waals surface area contributed by atoms with E-state index in [-0.39, 0.29) is 71.1 Å². The van der Waals surface area contributed by atoms with E-state index in [1.165, 1.54) is 13.8 Å². The van der Waals surface area contributed by atoms with Crippen LogP contribution in [0.5, 0.6) is 0 Å². The van der Waals surface area contributed by atoms with Gasteiger partial charge in [-0.15, -0.1) is 0 Å². The van der Waals surface area contributed by atoms with Crippen molar-refractivity contribution >= 4 is 23.9 Å². The van der Waals surface area contributed by atoms with Crippen molar-refractivity contribution in [1.29, 1.82) is 0 Å². The number of hydrogen-bond donors (Lipinski definition) is 0. The SMILES string of the molecule is CC(=O)OCCN1C(C)(C)CC(OC(=O)CCCC(=O)OC2CC(C)(C)N(CCOC(C)=O)C(C)(C)C2)CC1(C)C. The molecule has 236 valence electrons. The maximum atomic E-state index is 12.7. The van der Waals surface area contributed by atoms with Gasteiger partial charge in [-0.05, 0) is 61.8 Å². The molecule has 10 nitrogen and oxygen atoms in total. The van der Waals surface area contributed by atoms with Crippen molar-refractivity contribution < 1.29 is 38.1 Å². The molecule has 0 N–H and O–H groups in total. The molecular weight excluding hydrogens is 528 g/mol. The first-order chi connectivity index (χ1) is 18.7. The van der Waals surface area contributed by atoms with E-state index in [1.807, 2.05) is 0 Å². The molecule has 2 aliphatic rings. The topological polar surface area (TPSA) is 112 Å². The largest absolute Gasteiger partial charge is 0.465 e. The Morgan fingerprint density at radius 1 is 0.585 bits per heavy atom. The third-order valence-corrected chi connectivity index (χ3v) is 8.43. The van der Waals surface area contributed by atoms with E-state index in [0.717, 1.165) is 0 Å². The van der Waals surface area contributed by atoms with Crippen LogP contribution in [-0.2, 0) is 38.1 Å². The molecule has 0 unspecified atom stereocenters. The van der Waals surface area contributed by atoms with Crippen LogP contribution in [0.2, 0.25) is 0 Å². The summed E-state index contributed by atoms with van der Waals surface area (Å²) in [4.78, 5) is 52.4. The molecule has 2 rings (SSSR count). The van der Waals surface area contributed by atoms with E-state index in [2.05, 4.69) is 65.2 Å². The van der Waals surface area contributed by atoms with Gasteiger partial charge in [0.05, 0.1) is 0 Å². The Morgan fingerprint density at radius 2 is 0.878 bits per heavy atom. The molecule has 2 saturated heterocycles. The van der Waals surface area contributed by atoms with E-state index in [0.29, 0.717) is 58.4 Å². The van der Waals surface area contributed by atoms with Crippen molar-refractivity contribution in [3.05, 3.63) is 0 Å².